The molecule has 8 nitrogen and oxygen atoms in total. The average Bonchev–Trinajstić information content (AvgIpc) is 3.53. The number of hydrogen-bond donors (Lipinski definition) is 2. The first-order valence-electron chi connectivity index (χ1n) is 9.80. The summed E-state index contributed by atoms with van der Waals surface area (Å²) in [5.74, 6) is 1.28. The molecule has 0 saturated heterocycles. The zero-order valence-corrected chi connectivity index (χ0v) is 16.4. The SMILES string of the molecule is COc1cccc(-n2c(=O)n(Cc3ccccc3O)c3cnc(NC4CC4)nc32)c1. The zero-order valence-electron chi connectivity index (χ0n) is 16.4. The van der Waals surface area contributed by atoms with Crippen molar-refractivity contribution in [2.24, 2.45) is 0 Å². The molecule has 0 spiro atoms. The fourth-order valence-electron chi connectivity index (χ4n) is 3.47. The molecular formula is C22H21N5O3. The van der Waals surface area contributed by atoms with Gasteiger partial charge in [0.1, 0.15) is 17.0 Å². The summed E-state index contributed by atoms with van der Waals surface area (Å²) in [4.78, 5) is 22.5. The van der Waals surface area contributed by atoms with Gasteiger partial charge in [0.15, 0.2) is 5.65 Å². The number of methoxy groups -OCH3 is 1. The summed E-state index contributed by atoms with van der Waals surface area (Å²) in [6.07, 6.45) is 3.85. The topological polar surface area (TPSA) is 94.2 Å². The molecule has 1 saturated carbocycles. The number of nitrogens with one attached hydrogen (secondary N) is 1. The first kappa shape index (κ1) is 18.2. The lowest BCUT2D eigenvalue weighted by atomic mass is 10.2. The van der Waals surface area contributed by atoms with Crippen molar-refractivity contribution in [3.05, 3.63) is 70.8 Å². The number of hydrogen-bond acceptors (Lipinski definition) is 6. The summed E-state index contributed by atoms with van der Waals surface area (Å²) in [6.45, 7) is 0.206. The highest BCUT2D eigenvalue weighted by Gasteiger charge is 2.23. The number of nitrogens with zero attached hydrogens (tertiary/aromatic N) is 4. The third-order valence-electron chi connectivity index (χ3n) is 5.22. The van der Waals surface area contributed by atoms with Crippen LogP contribution in [0.4, 0.5) is 5.95 Å². The van der Waals surface area contributed by atoms with Gasteiger partial charge in [-0.2, -0.15) is 4.98 Å². The third kappa shape index (κ3) is 3.26. The second kappa shape index (κ2) is 7.22. The Morgan fingerprint density at radius 3 is 2.80 bits per heavy atom. The summed E-state index contributed by atoms with van der Waals surface area (Å²) in [5, 5.41) is 13.5. The van der Waals surface area contributed by atoms with Gasteiger partial charge in [0.05, 0.1) is 25.5 Å². The number of para-hydroxylation sites is 1. The molecule has 0 radical (unpaired) electrons. The molecule has 2 aromatic heterocycles. The fraction of sp³-hybridized carbons (Fsp3) is 0.227. The van der Waals surface area contributed by atoms with E-state index in [4.69, 9.17) is 4.74 Å². The van der Waals surface area contributed by atoms with Crippen molar-refractivity contribution in [1.29, 1.82) is 0 Å². The number of fused-ring (bicyclic) bond motifs is 1. The highest BCUT2D eigenvalue weighted by Crippen LogP contribution is 2.26. The van der Waals surface area contributed by atoms with Crippen LogP contribution in [0.25, 0.3) is 16.9 Å². The molecule has 1 aliphatic carbocycles. The van der Waals surface area contributed by atoms with Crippen molar-refractivity contribution in [2.75, 3.05) is 12.4 Å². The van der Waals surface area contributed by atoms with E-state index >= 15 is 0 Å². The highest BCUT2D eigenvalue weighted by molar-refractivity contribution is 5.74. The molecule has 152 valence electrons. The van der Waals surface area contributed by atoms with Crippen molar-refractivity contribution in [1.82, 2.24) is 19.1 Å². The van der Waals surface area contributed by atoms with Crippen LogP contribution < -0.4 is 15.7 Å². The molecule has 30 heavy (non-hydrogen) atoms. The van der Waals surface area contributed by atoms with E-state index < -0.39 is 0 Å². The van der Waals surface area contributed by atoms with E-state index in [0.29, 0.717) is 40.2 Å². The van der Waals surface area contributed by atoms with Gasteiger partial charge < -0.3 is 15.2 Å². The number of imidazole rings is 1. The smallest absolute Gasteiger partial charge is 0.335 e. The number of phenolic OH excluding ortho intramolecular Hbond substituents is 1. The average molecular weight is 403 g/mol. The predicted octanol–water partition coefficient (Wildman–Crippen LogP) is 2.92. The van der Waals surface area contributed by atoms with Crippen molar-refractivity contribution >= 4 is 17.1 Å². The summed E-state index contributed by atoms with van der Waals surface area (Å²) in [7, 11) is 1.59. The minimum atomic E-state index is -0.264. The Bertz CT molecular complexity index is 1290. The molecule has 2 N–H and O–H groups in total. The van der Waals surface area contributed by atoms with E-state index in [1.807, 2.05) is 24.3 Å². The van der Waals surface area contributed by atoms with Gasteiger partial charge in [0, 0.05) is 17.7 Å². The maximum absolute atomic E-state index is 13.5. The third-order valence-corrected chi connectivity index (χ3v) is 5.22. The van der Waals surface area contributed by atoms with E-state index in [2.05, 4.69) is 15.3 Å². The molecule has 0 aliphatic heterocycles. The molecule has 2 aromatic carbocycles. The normalized spacial score (nSPS) is 13.5. The van der Waals surface area contributed by atoms with E-state index in [-0.39, 0.29) is 18.0 Å². The van der Waals surface area contributed by atoms with Crippen molar-refractivity contribution < 1.29 is 9.84 Å². The molecule has 8 heteroatoms. The van der Waals surface area contributed by atoms with Gasteiger partial charge in [0.25, 0.3) is 0 Å². The van der Waals surface area contributed by atoms with Gasteiger partial charge in [-0.05, 0) is 31.0 Å². The summed E-state index contributed by atoms with van der Waals surface area (Å²) in [6, 6.07) is 14.7. The van der Waals surface area contributed by atoms with Gasteiger partial charge in [0.2, 0.25) is 5.95 Å². The first-order valence-corrected chi connectivity index (χ1v) is 9.80. The Kier molecular flexibility index (Phi) is 4.39. The Labute approximate surface area is 172 Å². The van der Waals surface area contributed by atoms with Crippen LogP contribution >= 0.6 is 0 Å². The molecule has 0 unspecified atom stereocenters. The van der Waals surface area contributed by atoms with Crippen molar-refractivity contribution in [3.8, 4) is 17.2 Å². The fourth-order valence-corrected chi connectivity index (χ4v) is 3.47. The van der Waals surface area contributed by atoms with E-state index in [9.17, 15) is 9.90 Å². The van der Waals surface area contributed by atoms with E-state index in [1.54, 1.807) is 46.7 Å². The van der Waals surface area contributed by atoms with E-state index in [0.717, 1.165) is 12.8 Å². The molecule has 4 aromatic rings. The number of phenols is 1. The lowest BCUT2D eigenvalue weighted by Crippen LogP contribution is -2.23. The second-order valence-corrected chi connectivity index (χ2v) is 7.36. The van der Waals surface area contributed by atoms with Crippen LogP contribution in [0.15, 0.2) is 59.5 Å². The van der Waals surface area contributed by atoms with Crippen molar-refractivity contribution in [2.45, 2.75) is 25.4 Å². The summed E-state index contributed by atoms with van der Waals surface area (Å²) < 4.78 is 8.46. The number of aromatic hydroxyl groups is 1. The number of ether oxygens (including phenoxy) is 1. The Morgan fingerprint density at radius 2 is 2.03 bits per heavy atom. The van der Waals surface area contributed by atoms with Gasteiger partial charge in [-0.15, -0.1) is 0 Å². The minimum Gasteiger partial charge on any atom is -0.508 e. The molecule has 1 aliphatic rings. The number of anilines is 1. The van der Waals surface area contributed by atoms with Crippen LogP contribution in [0.2, 0.25) is 0 Å². The van der Waals surface area contributed by atoms with Gasteiger partial charge >= 0.3 is 5.69 Å². The van der Waals surface area contributed by atoms with Gasteiger partial charge in [-0.1, -0.05) is 24.3 Å². The Hall–Kier alpha value is -3.81. The molecule has 1 fully saturated rings. The lowest BCUT2D eigenvalue weighted by Gasteiger charge is -2.06. The first-order chi connectivity index (χ1) is 14.6. The number of benzene rings is 2. The molecule has 0 bridgehead atoms. The molecular weight excluding hydrogens is 382 g/mol. The van der Waals surface area contributed by atoms with Gasteiger partial charge in [-0.25, -0.2) is 14.3 Å². The van der Waals surface area contributed by atoms with Crippen molar-refractivity contribution in [3.63, 3.8) is 0 Å². The Morgan fingerprint density at radius 1 is 1.20 bits per heavy atom. The molecule has 0 atom stereocenters. The minimum absolute atomic E-state index is 0.139. The van der Waals surface area contributed by atoms with Crippen LogP contribution in [0.3, 0.4) is 0 Å². The summed E-state index contributed by atoms with van der Waals surface area (Å²) >= 11 is 0. The molecule has 5 rings (SSSR count). The van der Waals surface area contributed by atoms with Crippen LogP contribution in [0.5, 0.6) is 11.5 Å². The quantitative estimate of drug-likeness (QED) is 0.514. The lowest BCUT2D eigenvalue weighted by molar-refractivity contribution is 0.414. The van der Waals surface area contributed by atoms with Crippen LogP contribution in [-0.2, 0) is 6.54 Å². The van der Waals surface area contributed by atoms with Crippen LogP contribution in [-0.4, -0.2) is 37.4 Å². The highest BCUT2D eigenvalue weighted by atomic mass is 16.5. The van der Waals surface area contributed by atoms with Crippen LogP contribution in [0.1, 0.15) is 18.4 Å². The zero-order chi connectivity index (χ0) is 20.7. The predicted molar refractivity (Wildman–Crippen MR) is 114 cm³/mol. The second-order valence-electron chi connectivity index (χ2n) is 7.36. The Balaban J connectivity index is 1.70. The maximum atomic E-state index is 13.5. The monoisotopic (exact) mass is 403 g/mol. The number of rotatable bonds is 6. The largest absolute Gasteiger partial charge is 0.508 e. The van der Waals surface area contributed by atoms with Crippen LogP contribution in [0, 0.1) is 0 Å². The standard InChI is InChI=1S/C22H21N5O3/c1-30-17-7-4-6-16(11-17)27-20-18(12-23-21(25-20)24-15-9-10-15)26(22(27)29)13-14-5-2-3-8-19(14)28/h2-8,11-12,15,28H,9-10,13H2,1H3,(H,23,24,25). The van der Waals surface area contributed by atoms with E-state index in [1.165, 1.54) is 0 Å². The molecule has 0 amide bonds. The maximum Gasteiger partial charge on any atom is 0.335 e. The van der Waals surface area contributed by atoms with Gasteiger partial charge in [-0.3, -0.25) is 4.57 Å². The molecule has 2 heterocycles. The number of aromatic nitrogens is 4. The summed E-state index contributed by atoms with van der Waals surface area (Å²) in [5.41, 5.74) is 2.12.